The summed E-state index contributed by atoms with van der Waals surface area (Å²) in [5.74, 6) is 0.334. The van der Waals surface area contributed by atoms with Crippen molar-refractivity contribution >= 4 is 17.7 Å². The molecule has 2 saturated heterocycles. The number of nitrogens with one attached hydrogen (secondary N) is 4. The van der Waals surface area contributed by atoms with E-state index in [1.807, 2.05) is 54.6 Å². The number of carbonyl (C=O) groups is 3. The normalized spacial score (nSPS) is 19.9. The Hall–Kier alpha value is -4.18. The van der Waals surface area contributed by atoms with Gasteiger partial charge in [-0.05, 0) is 24.3 Å². The van der Waals surface area contributed by atoms with E-state index in [-0.39, 0.29) is 30.3 Å². The predicted octanol–water partition coefficient (Wildman–Crippen LogP) is 0.813. The van der Waals surface area contributed by atoms with E-state index >= 15 is 0 Å². The lowest BCUT2D eigenvalue weighted by molar-refractivity contribution is -0.137. The van der Waals surface area contributed by atoms with Crippen molar-refractivity contribution in [1.82, 2.24) is 30.8 Å². The Morgan fingerprint density at radius 3 is 2.75 bits per heavy atom. The molecule has 4 N–H and O–H groups in total. The molecule has 3 amide bonds. The summed E-state index contributed by atoms with van der Waals surface area (Å²) < 4.78 is 5.86. The van der Waals surface area contributed by atoms with Gasteiger partial charge in [0.2, 0.25) is 5.91 Å². The number of rotatable bonds is 5. The Morgan fingerprint density at radius 1 is 1.09 bits per heavy atom. The molecule has 162 valence electrons. The second-order valence-electron chi connectivity index (χ2n) is 7.45. The van der Waals surface area contributed by atoms with E-state index in [0.29, 0.717) is 18.0 Å². The SMILES string of the molecule is O=C1CN2C(=O)C(NC(=O)c3ncc(-c4cccc(Oc5ccccc5)c4)[nH]3)NC2CN1. The lowest BCUT2D eigenvalue weighted by Gasteiger charge is -2.28. The maximum Gasteiger partial charge on any atom is 0.288 e. The predicted molar refractivity (Wildman–Crippen MR) is 113 cm³/mol. The first-order chi connectivity index (χ1) is 15.6. The second kappa shape index (κ2) is 8.16. The van der Waals surface area contributed by atoms with Crippen molar-refractivity contribution in [2.24, 2.45) is 0 Å². The van der Waals surface area contributed by atoms with Gasteiger partial charge >= 0.3 is 0 Å². The van der Waals surface area contributed by atoms with E-state index in [2.05, 4.69) is 25.9 Å². The number of carbonyl (C=O) groups excluding carboxylic acids is 3. The molecule has 2 unspecified atom stereocenters. The van der Waals surface area contributed by atoms with Gasteiger partial charge in [0.25, 0.3) is 11.8 Å². The van der Waals surface area contributed by atoms with Crippen molar-refractivity contribution in [2.45, 2.75) is 12.3 Å². The van der Waals surface area contributed by atoms with Crippen LogP contribution in [0.25, 0.3) is 11.3 Å². The number of imidazole rings is 1. The Labute approximate surface area is 183 Å². The first-order valence-corrected chi connectivity index (χ1v) is 10.1. The van der Waals surface area contributed by atoms with Gasteiger partial charge < -0.3 is 25.3 Å². The second-order valence-corrected chi connectivity index (χ2v) is 7.45. The summed E-state index contributed by atoms with van der Waals surface area (Å²) in [5.41, 5.74) is 1.42. The van der Waals surface area contributed by atoms with Gasteiger partial charge in [0, 0.05) is 5.56 Å². The summed E-state index contributed by atoms with van der Waals surface area (Å²) in [7, 11) is 0. The highest BCUT2D eigenvalue weighted by molar-refractivity contribution is 5.97. The van der Waals surface area contributed by atoms with Gasteiger partial charge in [-0.2, -0.15) is 0 Å². The number of hydrogen-bond acceptors (Lipinski definition) is 6. The van der Waals surface area contributed by atoms with Crippen LogP contribution in [0.4, 0.5) is 0 Å². The Bertz CT molecular complexity index is 1180. The fraction of sp³-hybridized carbons (Fsp3) is 0.182. The van der Waals surface area contributed by atoms with Crippen LogP contribution in [-0.4, -0.2) is 58.0 Å². The number of nitrogens with zero attached hydrogens (tertiary/aromatic N) is 2. The van der Waals surface area contributed by atoms with Gasteiger partial charge in [0.05, 0.1) is 18.4 Å². The third kappa shape index (κ3) is 3.91. The molecule has 0 bridgehead atoms. The number of amides is 3. The minimum atomic E-state index is -0.920. The maximum absolute atomic E-state index is 12.6. The van der Waals surface area contributed by atoms with E-state index in [9.17, 15) is 14.4 Å². The van der Waals surface area contributed by atoms with Crippen molar-refractivity contribution in [2.75, 3.05) is 13.1 Å². The minimum absolute atomic E-state index is 0.0326. The highest BCUT2D eigenvalue weighted by atomic mass is 16.5. The molecule has 3 heterocycles. The van der Waals surface area contributed by atoms with Crippen LogP contribution in [0.5, 0.6) is 11.5 Å². The quantitative estimate of drug-likeness (QED) is 0.472. The van der Waals surface area contributed by atoms with Crippen molar-refractivity contribution in [1.29, 1.82) is 0 Å². The van der Waals surface area contributed by atoms with Gasteiger partial charge in [0.1, 0.15) is 24.2 Å². The van der Waals surface area contributed by atoms with Crippen LogP contribution < -0.4 is 20.7 Å². The van der Waals surface area contributed by atoms with Gasteiger partial charge in [-0.15, -0.1) is 0 Å². The average molecular weight is 432 g/mol. The highest BCUT2D eigenvalue weighted by Gasteiger charge is 2.42. The molecule has 10 nitrogen and oxygen atoms in total. The molecular weight excluding hydrogens is 412 g/mol. The molecule has 2 aliphatic heterocycles. The molecule has 2 atom stereocenters. The van der Waals surface area contributed by atoms with Crippen LogP contribution in [0.1, 0.15) is 10.6 Å². The first-order valence-electron chi connectivity index (χ1n) is 10.1. The summed E-state index contributed by atoms with van der Waals surface area (Å²) in [4.78, 5) is 45.2. The van der Waals surface area contributed by atoms with Crippen LogP contribution in [0, 0.1) is 0 Å². The summed E-state index contributed by atoms with van der Waals surface area (Å²) in [5, 5.41) is 8.31. The third-order valence-electron chi connectivity index (χ3n) is 5.26. The lowest BCUT2D eigenvalue weighted by Crippen LogP contribution is -2.55. The number of para-hydroxylation sites is 1. The maximum atomic E-state index is 12.6. The van der Waals surface area contributed by atoms with Crippen molar-refractivity contribution in [3.8, 4) is 22.8 Å². The smallest absolute Gasteiger partial charge is 0.288 e. The first kappa shape index (κ1) is 19.8. The van der Waals surface area contributed by atoms with Gasteiger partial charge in [-0.1, -0.05) is 30.3 Å². The molecule has 2 aliphatic rings. The van der Waals surface area contributed by atoms with Crippen molar-refractivity contribution in [3.63, 3.8) is 0 Å². The van der Waals surface area contributed by atoms with Crippen LogP contribution in [-0.2, 0) is 9.59 Å². The largest absolute Gasteiger partial charge is 0.457 e. The number of aromatic nitrogens is 2. The van der Waals surface area contributed by atoms with E-state index in [1.165, 1.54) is 4.90 Å². The summed E-state index contributed by atoms with van der Waals surface area (Å²) in [6.07, 6.45) is 0.285. The van der Waals surface area contributed by atoms with Gasteiger partial charge in [-0.25, -0.2) is 4.98 Å². The minimum Gasteiger partial charge on any atom is -0.457 e. The number of benzene rings is 2. The van der Waals surface area contributed by atoms with Crippen molar-refractivity contribution < 1.29 is 19.1 Å². The topological polar surface area (TPSA) is 128 Å². The Kier molecular flexibility index (Phi) is 5.04. The molecular formula is C22H20N6O4. The molecule has 0 radical (unpaired) electrons. The van der Waals surface area contributed by atoms with Crippen LogP contribution in [0.15, 0.2) is 60.8 Å². The number of hydrogen-bond donors (Lipinski definition) is 4. The number of H-pyrrole nitrogens is 1. The summed E-state index contributed by atoms with van der Waals surface area (Å²) in [6, 6.07) is 16.8. The highest BCUT2D eigenvalue weighted by Crippen LogP contribution is 2.26. The van der Waals surface area contributed by atoms with Crippen molar-refractivity contribution in [3.05, 3.63) is 66.6 Å². The van der Waals surface area contributed by atoms with Gasteiger partial charge in [0.15, 0.2) is 12.0 Å². The number of piperazine rings is 1. The molecule has 2 fully saturated rings. The molecule has 32 heavy (non-hydrogen) atoms. The van der Waals surface area contributed by atoms with E-state index in [1.54, 1.807) is 6.20 Å². The molecule has 0 saturated carbocycles. The zero-order chi connectivity index (χ0) is 22.1. The van der Waals surface area contributed by atoms with E-state index in [4.69, 9.17) is 4.74 Å². The van der Waals surface area contributed by atoms with E-state index < -0.39 is 12.1 Å². The summed E-state index contributed by atoms with van der Waals surface area (Å²) >= 11 is 0. The average Bonchev–Trinajstić information content (AvgIpc) is 3.41. The molecule has 10 heteroatoms. The lowest BCUT2D eigenvalue weighted by atomic mass is 10.1. The number of aromatic amines is 1. The number of fused-ring (bicyclic) bond motifs is 1. The molecule has 0 spiro atoms. The molecule has 3 aromatic rings. The van der Waals surface area contributed by atoms with Crippen LogP contribution in [0.2, 0.25) is 0 Å². The third-order valence-corrected chi connectivity index (χ3v) is 5.26. The zero-order valence-electron chi connectivity index (χ0n) is 16.9. The molecule has 5 rings (SSSR count). The molecule has 2 aromatic carbocycles. The standard InChI is InChI=1S/C22H20N6O4/c29-18-12-28-17(11-23-18)26-20(22(28)31)27-21(30)19-24-10-16(25-19)13-5-4-8-15(9-13)32-14-6-2-1-3-7-14/h1-10,17,20,26H,11-12H2,(H,23,29)(H,24,25)(H,27,30). The van der Waals surface area contributed by atoms with Gasteiger partial charge in [-0.3, -0.25) is 19.7 Å². The summed E-state index contributed by atoms with van der Waals surface area (Å²) in [6.45, 7) is 0.262. The fourth-order valence-electron chi connectivity index (χ4n) is 3.69. The Morgan fingerprint density at radius 2 is 1.91 bits per heavy atom. The zero-order valence-corrected chi connectivity index (χ0v) is 16.9. The molecule has 1 aromatic heterocycles. The number of ether oxygens (including phenoxy) is 1. The molecule has 0 aliphatic carbocycles. The fourth-order valence-corrected chi connectivity index (χ4v) is 3.69. The van der Waals surface area contributed by atoms with E-state index in [0.717, 1.165) is 11.3 Å². The van der Waals surface area contributed by atoms with Crippen LogP contribution in [0.3, 0.4) is 0 Å². The monoisotopic (exact) mass is 432 g/mol. The Balaban J connectivity index is 1.27. The van der Waals surface area contributed by atoms with Crippen LogP contribution >= 0.6 is 0 Å².